The van der Waals surface area contributed by atoms with Gasteiger partial charge in [0.15, 0.2) is 11.5 Å². The smallest absolute Gasteiger partial charge is 0.239 e. The molecule has 1 aromatic rings. The van der Waals surface area contributed by atoms with Gasteiger partial charge >= 0.3 is 0 Å². The molecule has 0 spiro atoms. The lowest BCUT2D eigenvalue weighted by Crippen LogP contribution is -2.28. The third-order valence-electron chi connectivity index (χ3n) is 2.38. The zero-order valence-electron chi connectivity index (χ0n) is 10.0. The first kappa shape index (κ1) is 13.1. The van der Waals surface area contributed by atoms with Gasteiger partial charge in [-0.1, -0.05) is 0 Å². The lowest BCUT2D eigenvalue weighted by atomic mass is 10.0. The van der Waals surface area contributed by atoms with E-state index in [4.69, 9.17) is 25.7 Å². The minimum absolute atomic E-state index is 0.425. The highest BCUT2D eigenvalue weighted by atomic mass is 16.5. The van der Waals surface area contributed by atoms with Crippen molar-refractivity contribution < 1.29 is 19.0 Å². The number of carbonyl (C=O) groups is 1. The minimum atomic E-state index is -0.954. The van der Waals surface area contributed by atoms with E-state index >= 15 is 0 Å². The highest BCUT2D eigenvalue weighted by Gasteiger charge is 2.20. The number of nitrogens with two attached hydrogens (primary N) is 2. The quantitative estimate of drug-likeness (QED) is 0.766. The summed E-state index contributed by atoms with van der Waals surface area (Å²) in [7, 11) is 4.47. The van der Waals surface area contributed by atoms with E-state index in [1.165, 1.54) is 21.3 Å². The predicted octanol–water partition coefficient (Wildman–Crippen LogP) is 0.198. The molecule has 1 atom stereocenters. The van der Waals surface area contributed by atoms with Crippen molar-refractivity contribution in [1.82, 2.24) is 0 Å². The van der Waals surface area contributed by atoms with Gasteiger partial charge in [-0.3, -0.25) is 4.79 Å². The van der Waals surface area contributed by atoms with Gasteiger partial charge < -0.3 is 25.7 Å². The average Bonchev–Trinajstić information content (AvgIpc) is 2.35. The molecule has 0 radical (unpaired) electrons. The molecule has 1 amide bonds. The van der Waals surface area contributed by atoms with Crippen LogP contribution in [0.4, 0.5) is 0 Å². The van der Waals surface area contributed by atoms with Crippen LogP contribution in [0, 0.1) is 0 Å². The Morgan fingerprint density at radius 3 is 1.94 bits per heavy atom. The SMILES string of the molecule is COc1cc(OC)c(C(N)C(N)=O)cc1OC. The molecule has 0 saturated heterocycles. The predicted molar refractivity (Wildman–Crippen MR) is 62.2 cm³/mol. The minimum Gasteiger partial charge on any atom is -0.496 e. The zero-order chi connectivity index (χ0) is 13.0. The topological polar surface area (TPSA) is 96.8 Å². The zero-order valence-corrected chi connectivity index (χ0v) is 10.0. The molecule has 0 saturated carbocycles. The van der Waals surface area contributed by atoms with Crippen LogP contribution in [0.15, 0.2) is 12.1 Å². The number of hydrogen-bond acceptors (Lipinski definition) is 5. The fraction of sp³-hybridized carbons (Fsp3) is 0.364. The molecule has 6 nitrogen and oxygen atoms in total. The number of benzene rings is 1. The summed E-state index contributed by atoms with van der Waals surface area (Å²) in [5, 5.41) is 0. The van der Waals surface area contributed by atoms with E-state index in [0.717, 1.165) is 0 Å². The Morgan fingerprint density at radius 2 is 1.53 bits per heavy atom. The summed E-state index contributed by atoms with van der Waals surface area (Å²) in [5.74, 6) is 0.731. The van der Waals surface area contributed by atoms with Gasteiger partial charge in [0.2, 0.25) is 5.91 Å². The second-order valence-corrected chi connectivity index (χ2v) is 3.33. The maximum Gasteiger partial charge on any atom is 0.239 e. The first-order valence-electron chi connectivity index (χ1n) is 4.90. The summed E-state index contributed by atoms with van der Waals surface area (Å²) in [5.41, 5.74) is 11.3. The molecule has 1 unspecified atom stereocenters. The molecule has 0 aliphatic rings. The van der Waals surface area contributed by atoms with E-state index in [0.29, 0.717) is 22.8 Å². The van der Waals surface area contributed by atoms with Crippen molar-refractivity contribution in [3.8, 4) is 17.2 Å². The van der Waals surface area contributed by atoms with Crippen LogP contribution in [0.5, 0.6) is 17.2 Å². The van der Waals surface area contributed by atoms with Gasteiger partial charge in [0, 0.05) is 11.6 Å². The van der Waals surface area contributed by atoms with E-state index in [9.17, 15) is 4.79 Å². The molecule has 94 valence electrons. The Kier molecular flexibility index (Phi) is 4.17. The normalized spacial score (nSPS) is 11.8. The molecule has 0 aromatic heterocycles. The molecule has 0 heterocycles. The van der Waals surface area contributed by atoms with Crippen molar-refractivity contribution in [2.75, 3.05) is 21.3 Å². The highest BCUT2D eigenvalue weighted by Crippen LogP contribution is 2.36. The second kappa shape index (κ2) is 5.40. The van der Waals surface area contributed by atoms with E-state index in [-0.39, 0.29) is 0 Å². The molecule has 17 heavy (non-hydrogen) atoms. The number of primary amides is 1. The fourth-order valence-electron chi connectivity index (χ4n) is 1.45. The van der Waals surface area contributed by atoms with Crippen molar-refractivity contribution in [2.24, 2.45) is 11.5 Å². The Labute approximate surface area is 99.4 Å². The summed E-state index contributed by atoms with van der Waals surface area (Å²) in [6, 6.07) is 2.22. The molecular weight excluding hydrogens is 224 g/mol. The average molecular weight is 240 g/mol. The van der Waals surface area contributed by atoms with E-state index in [1.807, 2.05) is 0 Å². The van der Waals surface area contributed by atoms with Crippen LogP contribution >= 0.6 is 0 Å². The molecule has 6 heteroatoms. The number of amides is 1. The number of carbonyl (C=O) groups excluding carboxylic acids is 1. The molecule has 4 N–H and O–H groups in total. The maximum absolute atomic E-state index is 11.1. The Morgan fingerprint density at radius 1 is 1.06 bits per heavy atom. The Balaban J connectivity index is 3.33. The lowest BCUT2D eigenvalue weighted by Gasteiger charge is -2.16. The first-order valence-corrected chi connectivity index (χ1v) is 4.90. The summed E-state index contributed by atoms with van der Waals surface area (Å²) < 4.78 is 15.4. The van der Waals surface area contributed by atoms with Crippen LogP contribution in [-0.4, -0.2) is 27.2 Å². The second-order valence-electron chi connectivity index (χ2n) is 3.33. The molecular formula is C11H16N2O4. The van der Waals surface area contributed by atoms with E-state index < -0.39 is 11.9 Å². The third-order valence-corrected chi connectivity index (χ3v) is 2.38. The van der Waals surface area contributed by atoms with Crippen LogP contribution in [0.3, 0.4) is 0 Å². The van der Waals surface area contributed by atoms with E-state index in [1.54, 1.807) is 12.1 Å². The highest BCUT2D eigenvalue weighted by molar-refractivity contribution is 5.82. The van der Waals surface area contributed by atoms with Crippen molar-refractivity contribution in [3.05, 3.63) is 17.7 Å². The van der Waals surface area contributed by atoms with Gasteiger partial charge in [-0.05, 0) is 6.07 Å². The van der Waals surface area contributed by atoms with Crippen molar-refractivity contribution in [2.45, 2.75) is 6.04 Å². The number of ether oxygens (including phenoxy) is 3. The third kappa shape index (κ3) is 2.59. The molecule has 0 aliphatic carbocycles. The fourth-order valence-corrected chi connectivity index (χ4v) is 1.45. The van der Waals surface area contributed by atoms with Crippen LogP contribution in [0.2, 0.25) is 0 Å². The van der Waals surface area contributed by atoms with E-state index in [2.05, 4.69) is 0 Å². The molecule has 0 bridgehead atoms. The van der Waals surface area contributed by atoms with Crippen molar-refractivity contribution >= 4 is 5.91 Å². The van der Waals surface area contributed by atoms with Crippen LogP contribution in [-0.2, 0) is 4.79 Å². The first-order chi connectivity index (χ1) is 8.04. The molecule has 1 rings (SSSR count). The van der Waals surface area contributed by atoms with Gasteiger partial charge in [0.1, 0.15) is 11.8 Å². The number of hydrogen-bond donors (Lipinski definition) is 2. The maximum atomic E-state index is 11.1. The van der Waals surface area contributed by atoms with Gasteiger partial charge in [-0.15, -0.1) is 0 Å². The van der Waals surface area contributed by atoms with Crippen molar-refractivity contribution in [3.63, 3.8) is 0 Å². The Hall–Kier alpha value is -1.95. The van der Waals surface area contributed by atoms with Gasteiger partial charge in [0.05, 0.1) is 21.3 Å². The number of rotatable bonds is 5. The summed E-state index contributed by atoms with van der Waals surface area (Å²) >= 11 is 0. The molecule has 0 fully saturated rings. The van der Waals surface area contributed by atoms with Crippen molar-refractivity contribution in [1.29, 1.82) is 0 Å². The summed E-state index contributed by atoms with van der Waals surface area (Å²) in [4.78, 5) is 11.1. The number of methoxy groups -OCH3 is 3. The summed E-state index contributed by atoms with van der Waals surface area (Å²) in [6.45, 7) is 0. The summed E-state index contributed by atoms with van der Waals surface area (Å²) in [6.07, 6.45) is 0. The van der Waals surface area contributed by atoms with Gasteiger partial charge in [-0.25, -0.2) is 0 Å². The lowest BCUT2D eigenvalue weighted by molar-refractivity contribution is -0.119. The van der Waals surface area contributed by atoms with Crippen LogP contribution in [0.1, 0.15) is 11.6 Å². The standard InChI is InChI=1S/C11H16N2O4/c1-15-7-5-9(17-3)8(16-2)4-6(7)10(12)11(13)14/h4-5,10H,12H2,1-3H3,(H2,13,14). The van der Waals surface area contributed by atoms with Crippen LogP contribution in [0.25, 0.3) is 0 Å². The Bertz CT molecular complexity index is 420. The monoisotopic (exact) mass is 240 g/mol. The largest absolute Gasteiger partial charge is 0.496 e. The molecule has 0 aliphatic heterocycles. The van der Waals surface area contributed by atoms with Gasteiger partial charge in [-0.2, -0.15) is 0 Å². The van der Waals surface area contributed by atoms with Gasteiger partial charge in [0.25, 0.3) is 0 Å². The molecule has 1 aromatic carbocycles. The van der Waals surface area contributed by atoms with Crippen LogP contribution < -0.4 is 25.7 Å².